The number of aromatic nitrogens is 2. The molecule has 4 aromatic rings. The van der Waals surface area contributed by atoms with E-state index in [1.807, 2.05) is 0 Å². The number of nitrogens with zero attached hydrogens (tertiary/aromatic N) is 3. The van der Waals surface area contributed by atoms with Crippen molar-refractivity contribution < 1.29 is 32.2 Å². The van der Waals surface area contributed by atoms with Gasteiger partial charge in [-0.05, 0) is 74.4 Å². The largest absolute Gasteiger partial charge is 0.490 e. The number of halogens is 3. The molecule has 0 aliphatic rings. The minimum Gasteiger partial charge on any atom is -0.490 e. The van der Waals surface area contributed by atoms with Crippen molar-refractivity contribution in [1.29, 1.82) is 0 Å². The molecule has 3 N–H and O–H groups in total. The highest BCUT2D eigenvalue weighted by Gasteiger charge is 2.34. The molecule has 0 bridgehead atoms. The van der Waals surface area contributed by atoms with Crippen LogP contribution in [0.1, 0.15) is 36.7 Å². The van der Waals surface area contributed by atoms with Crippen LogP contribution >= 0.6 is 0 Å². The number of amides is 2. The number of fused-ring (bicyclic) bond motifs is 1. The summed E-state index contributed by atoms with van der Waals surface area (Å²) in [6.07, 6.45) is -3.65. The van der Waals surface area contributed by atoms with E-state index < -0.39 is 29.3 Å². The lowest BCUT2D eigenvalue weighted by Gasteiger charge is -2.24. The summed E-state index contributed by atoms with van der Waals surface area (Å²) in [5.74, 6) is -0.272. The maximum Gasteiger partial charge on any atom is 0.417 e. The van der Waals surface area contributed by atoms with Crippen LogP contribution in [-0.2, 0) is 18.0 Å². The Morgan fingerprint density at radius 2 is 1.81 bits per heavy atom. The number of carbonyl (C=O) groups is 2. The maximum absolute atomic E-state index is 14.0. The molecule has 0 spiro atoms. The number of alkyl halides is 3. The Labute approximate surface area is 241 Å². The molecule has 9 nitrogen and oxygen atoms in total. The van der Waals surface area contributed by atoms with Crippen LogP contribution in [0.4, 0.5) is 29.3 Å². The van der Waals surface area contributed by atoms with Crippen molar-refractivity contribution in [2.45, 2.75) is 32.5 Å². The van der Waals surface area contributed by atoms with E-state index in [2.05, 4.69) is 10.3 Å². The lowest BCUT2D eigenvalue weighted by Crippen LogP contribution is -2.36. The first-order valence-electron chi connectivity index (χ1n) is 13.0. The van der Waals surface area contributed by atoms with E-state index in [1.54, 1.807) is 53.1 Å². The molecule has 0 aliphatic heterocycles. The molecule has 4 rings (SSSR count). The van der Waals surface area contributed by atoms with Crippen molar-refractivity contribution >= 4 is 34.4 Å². The SMILES string of the molecule is CN(CCOc1cc(C(=O)Nc2cccc(-c3cc4ncn(C)c4cc3C(F)(F)F)c2)ccc1N)C(=O)OC(C)(C)C. The highest BCUT2D eigenvalue weighted by molar-refractivity contribution is 6.05. The van der Waals surface area contributed by atoms with Gasteiger partial charge in [0.1, 0.15) is 18.0 Å². The molecule has 0 fully saturated rings. The summed E-state index contributed by atoms with van der Waals surface area (Å²) < 4.78 is 54.5. The minimum atomic E-state index is -4.60. The molecule has 0 saturated carbocycles. The number of hydrogen-bond acceptors (Lipinski definition) is 6. The number of carbonyl (C=O) groups excluding carboxylic acids is 2. The van der Waals surface area contributed by atoms with Crippen LogP contribution in [0.3, 0.4) is 0 Å². The highest BCUT2D eigenvalue weighted by Crippen LogP contribution is 2.40. The summed E-state index contributed by atoms with van der Waals surface area (Å²) in [6, 6.07) is 13.1. The van der Waals surface area contributed by atoms with Gasteiger partial charge in [0.25, 0.3) is 5.91 Å². The Bertz CT molecular complexity index is 1630. The quantitative estimate of drug-likeness (QED) is 0.246. The van der Waals surface area contributed by atoms with Crippen molar-refractivity contribution in [3.05, 3.63) is 72.1 Å². The smallest absolute Gasteiger partial charge is 0.417 e. The van der Waals surface area contributed by atoms with Crippen LogP contribution in [0.15, 0.2) is 60.9 Å². The fourth-order valence-corrected chi connectivity index (χ4v) is 4.14. The summed E-state index contributed by atoms with van der Waals surface area (Å²) in [7, 11) is 3.20. The fourth-order valence-electron chi connectivity index (χ4n) is 4.14. The molecule has 42 heavy (non-hydrogen) atoms. The second kappa shape index (κ2) is 11.6. The normalized spacial score (nSPS) is 11.8. The third-order valence-corrected chi connectivity index (χ3v) is 6.27. The average molecular weight is 584 g/mol. The molecule has 2 amide bonds. The molecule has 222 valence electrons. The van der Waals surface area contributed by atoms with Gasteiger partial charge >= 0.3 is 12.3 Å². The maximum atomic E-state index is 14.0. The lowest BCUT2D eigenvalue weighted by atomic mass is 9.98. The van der Waals surface area contributed by atoms with Gasteiger partial charge in [-0.15, -0.1) is 0 Å². The zero-order chi connectivity index (χ0) is 30.8. The summed E-state index contributed by atoms with van der Waals surface area (Å²) in [5.41, 5.74) is 6.37. The molecular formula is C30H32F3N5O4. The number of nitrogens with one attached hydrogen (secondary N) is 1. The number of hydrogen-bond donors (Lipinski definition) is 2. The third-order valence-electron chi connectivity index (χ3n) is 6.27. The number of likely N-dealkylation sites (N-methyl/N-ethyl adjacent to an activating group) is 1. The highest BCUT2D eigenvalue weighted by atomic mass is 19.4. The predicted molar refractivity (Wildman–Crippen MR) is 154 cm³/mol. The van der Waals surface area contributed by atoms with Crippen molar-refractivity contribution in [3.63, 3.8) is 0 Å². The van der Waals surface area contributed by atoms with Crippen molar-refractivity contribution in [1.82, 2.24) is 14.5 Å². The number of imidazole rings is 1. The van der Waals surface area contributed by atoms with Gasteiger partial charge < -0.3 is 30.0 Å². The average Bonchev–Trinajstić information content (AvgIpc) is 3.27. The molecule has 12 heteroatoms. The van der Waals surface area contributed by atoms with Crippen molar-refractivity contribution in [2.24, 2.45) is 7.05 Å². The first kappa shape index (κ1) is 30.2. The van der Waals surface area contributed by atoms with E-state index >= 15 is 0 Å². The van der Waals surface area contributed by atoms with Gasteiger partial charge in [0, 0.05) is 25.3 Å². The monoisotopic (exact) mass is 583 g/mol. The van der Waals surface area contributed by atoms with Crippen molar-refractivity contribution in [3.8, 4) is 16.9 Å². The fraction of sp³-hybridized carbons (Fsp3) is 0.300. The number of ether oxygens (including phenoxy) is 2. The summed E-state index contributed by atoms with van der Waals surface area (Å²) in [4.78, 5) is 30.7. The second-order valence-corrected chi connectivity index (χ2v) is 10.8. The summed E-state index contributed by atoms with van der Waals surface area (Å²) in [6.45, 7) is 5.60. The van der Waals surface area contributed by atoms with E-state index in [9.17, 15) is 22.8 Å². The summed E-state index contributed by atoms with van der Waals surface area (Å²) in [5, 5.41) is 2.72. The first-order valence-corrected chi connectivity index (χ1v) is 13.0. The van der Waals surface area contributed by atoms with Crippen LogP contribution in [0.2, 0.25) is 0 Å². The van der Waals surface area contributed by atoms with Gasteiger partial charge in [-0.1, -0.05) is 12.1 Å². The predicted octanol–water partition coefficient (Wildman–Crippen LogP) is 6.34. The number of nitrogens with two attached hydrogens (primary N) is 1. The third kappa shape index (κ3) is 7.12. The summed E-state index contributed by atoms with van der Waals surface area (Å²) >= 11 is 0. The first-order chi connectivity index (χ1) is 19.6. The van der Waals surface area contributed by atoms with Gasteiger partial charge in [-0.25, -0.2) is 9.78 Å². The number of rotatable bonds is 7. The zero-order valence-electron chi connectivity index (χ0n) is 23.9. The van der Waals surface area contributed by atoms with Crippen LogP contribution in [0, 0.1) is 0 Å². The molecular weight excluding hydrogens is 551 g/mol. The van der Waals surface area contributed by atoms with Gasteiger partial charge in [0.15, 0.2) is 0 Å². The molecule has 0 atom stereocenters. The Kier molecular flexibility index (Phi) is 8.37. The van der Waals surface area contributed by atoms with Gasteiger partial charge in [-0.2, -0.15) is 13.2 Å². The van der Waals surface area contributed by atoms with E-state index in [0.717, 1.165) is 6.07 Å². The van der Waals surface area contributed by atoms with Crippen LogP contribution in [-0.4, -0.2) is 52.3 Å². The number of benzene rings is 3. The van der Waals surface area contributed by atoms with Gasteiger partial charge in [0.2, 0.25) is 0 Å². The topological polar surface area (TPSA) is 112 Å². The van der Waals surface area contributed by atoms with Crippen LogP contribution in [0.25, 0.3) is 22.2 Å². The molecule has 0 unspecified atom stereocenters. The molecule has 1 aromatic heterocycles. The lowest BCUT2D eigenvalue weighted by molar-refractivity contribution is -0.137. The Hall–Kier alpha value is -4.74. The Balaban J connectivity index is 1.49. The molecule has 3 aromatic carbocycles. The van der Waals surface area contributed by atoms with Gasteiger partial charge in [0.05, 0.1) is 35.2 Å². The number of anilines is 2. The number of aryl methyl sites for hydroxylation is 1. The van der Waals surface area contributed by atoms with E-state index in [-0.39, 0.29) is 41.3 Å². The van der Waals surface area contributed by atoms with Crippen molar-refractivity contribution in [2.75, 3.05) is 31.2 Å². The Morgan fingerprint density at radius 1 is 1.07 bits per heavy atom. The van der Waals surface area contributed by atoms with Crippen LogP contribution in [0.5, 0.6) is 5.75 Å². The molecule has 0 aliphatic carbocycles. The molecule has 1 heterocycles. The minimum absolute atomic E-state index is 0.0516. The zero-order valence-corrected chi connectivity index (χ0v) is 23.9. The van der Waals surface area contributed by atoms with Crippen LogP contribution < -0.4 is 15.8 Å². The standard InChI is InChI=1S/C30H32F3N5O4/c1-29(2,3)42-28(40)37(4)11-12-41-26-14-19(9-10-23(26)34)27(39)36-20-8-6-7-18(13-20)21-15-24-25(38(5)17-35-24)16-22(21)30(31,32)33/h6-10,13-17H,11-12,34H2,1-5H3,(H,36,39). The van der Waals surface area contributed by atoms with Gasteiger partial charge in [-0.3, -0.25) is 4.79 Å². The van der Waals surface area contributed by atoms with E-state index in [4.69, 9.17) is 15.2 Å². The number of nitrogen functional groups attached to an aromatic ring is 1. The molecule has 0 radical (unpaired) electrons. The van der Waals surface area contributed by atoms with E-state index in [0.29, 0.717) is 16.7 Å². The van der Waals surface area contributed by atoms with E-state index in [1.165, 1.54) is 46.1 Å². The Morgan fingerprint density at radius 3 is 2.50 bits per heavy atom. The molecule has 0 saturated heterocycles. The second-order valence-electron chi connectivity index (χ2n) is 10.8.